The van der Waals surface area contributed by atoms with Gasteiger partial charge in [-0.3, -0.25) is 18.5 Å². The molecule has 0 spiro atoms. The molecule has 0 unspecified atom stereocenters. The summed E-state index contributed by atoms with van der Waals surface area (Å²) in [5.41, 5.74) is 2.20. The fraction of sp³-hybridized carbons (Fsp3) is 0.368. The summed E-state index contributed by atoms with van der Waals surface area (Å²) in [6, 6.07) is 10.1. The summed E-state index contributed by atoms with van der Waals surface area (Å²) >= 11 is 0. The molecule has 2 aromatic heterocycles. The SMILES string of the molecule is CC1=NN(CCc2ccccc2)c2nc3c(c(=O)n(C)c(=O)n3C)n2[C@@H]1C. The molecule has 0 aliphatic carbocycles. The lowest BCUT2D eigenvalue weighted by Gasteiger charge is -2.29. The molecule has 0 saturated carbocycles. The Labute approximate surface area is 156 Å². The number of hydrazone groups is 1. The first-order chi connectivity index (χ1) is 12.9. The Kier molecular flexibility index (Phi) is 3.98. The van der Waals surface area contributed by atoms with E-state index in [0.717, 1.165) is 16.7 Å². The number of imidazole rings is 1. The second kappa shape index (κ2) is 6.22. The Bertz CT molecular complexity index is 1170. The average Bonchev–Trinajstić information content (AvgIpc) is 3.08. The average molecular weight is 366 g/mol. The van der Waals surface area contributed by atoms with Crippen LogP contribution < -0.4 is 16.3 Å². The van der Waals surface area contributed by atoms with Gasteiger partial charge in [-0.25, -0.2) is 9.80 Å². The van der Waals surface area contributed by atoms with E-state index in [1.54, 1.807) is 7.05 Å². The van der Waals surface area contributed by atoms with Crippen LogP contribution in [0.25, 0.3) is 11.2 Å². The summed E-state index contributed by atoms with van der Waals surface area (Å²) in [7, 11) is 3.13. The van der Waals surface area contributed by atoms with Crippen LogP contribution in [0.2, 0.25) is 0 Å². The number of hydrogen-bond acceptors (Lipinski definition) is 5. The van der Waals surface area contributed by atoms with Gasteiger partial charge in [0.2, 0.25) is 5.95 Å². The van der Waals surface area contributed by atoms with Crippen molar-refractivity contribution in [1.29, 1.82) is 0 Å². The molecule has 1 aliphatic rings. The predicted molar refractivity (Wildman–Crippen MR) is 106 cm³/mol. The molecule has 0 fully saturated rings. The van der Waals surface area contributed by atoms with Gasteiger partial charge in [-0.15, -0.1) is 0 Å². The molecule has 8 nitrogen and oxygen atoms in total. The predicted octanol–water partition coefficient (Wildman–Crippen LogP) is 1.43. The van der Waals surface area contributed by atoms with Crippen LogP contribution in [0.1, 0.15) is 25.5 Å². The van der Waals surface area contributed by atoms with Gasteiger partial charge in [0.25, 0.3) is 5.56 Å². The number of benzene rings is 1. The molecule has 0 saturated heterocycles. The molecule has 3 heterocycles. The standard InChI is InChI=1S/C19H22N6O2/c1-12-13(2)25-15-16(22(3)19(27)23(4)17(15)26)20-18(25)24(21-12)11-10-14-8-6-5-7-9-14/h5-9,13H,10-11H2,1-4H3/t13-/m1/s1. The van der Waals surface area contributed by atoms with Gasteiger partial charge in [0.1, 0.15) is 0 Å². The smallest absolute Gasteiger partial charge is 0.294 e. The van der Waals surface area contributed by atoms with E-state index in [0.29, 0.717) is 23.7 Å². The number of hydrogen-bond donors (Lipinski definition) is 0. The highest BCUT2D eigenvalue weighted by atomic mass is 16.2. The van der Waals surface area contributed by atoms with Crippen molar-refractivity contribution in [3.63, 3.8) is 0 Å². The van der Waals surface area contributed by atoms with Crippen molar-refractivity contribution in [2.45, 2.75) is 26.3 Å². The Morgan fingerprint density at radius 2 is 1.78 bits per heavy atom. The van der Waals surface area contributed by atoms with Gasteiger partial charge in [-0.2, -0.15) is 10.1 Å². The van der Waals surface area contributed by atoms with Gasteiger partial charge in [0.05, 0.1) is 11.8 Å². The highest BCUT2D eigenvalue weighted by molar-refractivity contribution is 5.91. The van der Waals surface area contributed by atoms with Crippen molar-refractivity contribution in [3.05, 3.63) is 56.7 Å². The second-order valence-electron chi connectivity index (χ2n) is 6.94. The molecule has 1 aliphatic heterocycles. The van der Waals surface area contributed by atoms with E-state index in [1.165, 1.54) is 17.2 Å². The number of rotatable bonds is 3. The zero-order valence-corrected chi connectivity index (χ0v) is 15.9. The number of fused-ring (bicyclic) bond motifs is 3. The molecule has 1 atom stereocenters. The Balaban J connectivity index is 1.86. The molecule has 0 radical (unpaired) electrons. The summed E-state index contributed by atoms with van der Waals surface area (Å²) in [5, 5.41) is 6.52. The molecule has 27 heavy (non-hydrogen) atoms. The highest BCUT2D eigenvalue weighted by Gasteiger charge is 2.30. The van der Waals surface area contributed by atoms with Crippen LogP contribution >= 0.6 is 0 Å². The highest BCUT2D eigenvalue weighted by Crippen LogP contribution is 2.29. The molecular weight excluding hydrogens is 344 g/mol. The van der Waals surface area contributed by atoms with Crippen molar-refractivity contribution >= 4 is 22.8 Å². The van der Waals surface area contributed by atoms with E-state index in [4.69, 9.17) is 0 Å². The Hall–Kier alpha value is -3.16. The number of aromatic nitrogens is 4. The van der Waals surface area contributed by atoms with Crippen LogP contribution in [0.15, 0.2) is 45.0 Å². The van der Waals surface area contributed by atoms with E-state index >= 15 is 0 Å². The minimum atomic E-state index is -0.385. The third-order valence-corrected chi connectivity index (χ3v) is 5.23. The third-order valence-electron chi connectivity index (χ3n) is 5.23. The van der Waals surface area contributed by atoms with Crippen LogP contribution in [0.5, 0.6) is 0 Å². The van der Waals surface area contributed by atoms with Gasteiger partial charge in [-0.1, -0.05) is 30.3 Å². The molecule has 0 amide bonds. The first-order valence-corrected chi connectivity index (χ1v) is 8.94. The molecular formula is C19H22N6O2. The van der Waals surface area contributed by atoms with Crippen molar-refractivity contribution in [2.75, 3.05) is 11.6 Å². The molecule has 4 rings (SSSR count). The van der Waals surface area contributed by atoms with Crippen molar-refractivity contribution in [1.82, 2.24) is 18.7 Å². The van der Waals surface area contributed by atoms with Crippen LogP contribution in [-0.2, 0) is 20.5 Å². The summed E-state index contributed by atoms with van der Waals surface area (Å²) in [5.74, 6) is 0.595. The first kappa shape index (κ1) is 17.3. The Morgan fingerprint density at radius 3 is 2.48 bits per heavy atom. The summed E-state index contributed by atoms with van der Waals surface area (Å²) in [6.45, 7) is 4.57. The quantitative estimate of drug-likeness (QED) is 0.703. The normalized spacial score (nSPS) is 16.5. The lowest BCUT2D eigenvalue weighted by atomic mass is 10.1. The largest absolute Gasteiger partial charge is 0.332 e. The van der Waals surface area contributed by atoms with E-state index in [-0.39, 0.29) is 17.3 Å². The molecule has 0 bridgehead atoms. The van der Waals surface area contributed by atoms with E-state index in [2.05, 4.69) is 22.2 Å². The first-order valence-electron chi connectivity index (χ1n) is 8.94. The van der Waals surface area contributed by atoms with Gasteiger partial charge in [0.15, 0.2) is 11.2 Å². The fourth-order valence-corrected chi connectivity index (χ4v) is 3.49. The fourth-order valence-electron chi connectivity index (χ4n) is 3.49. The minimum absolute atomic E-state index is 0.108. The van der Waals surface area contributed by atoms with E-state index in [1.807, 2.05) is 41.6 Å². The number of nitrogens with zero attached hydrogens (tertiary/aromatic N) is 6. The van der Waals surface area contributed by atoms with Gasteiger partial charge in [0, 0.05) is 20.6 Å². The zero-order chi connectivity index (χ0) is 19.3. The number of anilines is 1. The number of aryl methyl sites for hydroxylation is 1. The van der Waals surface area contributed by atoms with Crippen molar-refractivity contribution in [2.24, 2.45) is 19.2 Å². The molecule has 0 N–H and O–H groups in total. The van der Waals surface area contributed by atoms with Gasteiger partial charge >= 0.3 is 5.69 Å². The minimum Gasteiger partial charge on any atom is -0.294 e. The topological polar surface area (TPSA) is 77.4 Å². The monoisotopic (exact) mass is 366 g/mol. The lowest BCUT2D eigenvalue weighted by molar-refractivity contribution is 0.633. The maximum Gasteiger partial charge on any atom is 0.332 e. The second-order valence-corrected chi connectivity index (χ2v) is 6.94. The maximum absolute atomic E-state index is 12.8. The lowest BCUT2D eigenvalue weighted by Crippen LogP contribution is -2.38. The molecule has 140 valence electrons. The van der Waals surface area contributed by atoms with Crippen LogP contribution in [0.4, 0.5) is 5.95 Å². The third kappa shape index (κ3) is 2.59. The van der Waals surface area contributed by atoms with Gasteiger partial charge < -0.3 is 0 Å². The van der Waals surface area contributed by atoms with Crippen LogP contribution in [0.3, 0.4) is 0 Å². The summed E-state index contributed by atoms with van der Waals surface area (Å²) < 4.78 is 4.43. The zero-order valence-electron chi connectivity index (χ0n) is 15.9. The van der Waals surface area contributed by atoms with Crippen molar-refractivity contribution < 1.29 is 0 Å². The van der Waals surface area contributed by atoms with Crippen LogP contribution in [-0.4, -0.2) is 30.9 Å². The summed E-state index contributed by atoms with van der Waals surface area (Å²) in [6.07, 6.45) is 0.798. The van der Waals surface area contributed by atoms with Crippen molar-refractivity contribution in [3.8, 4) is 0 Å². The molecule has 1 aromatic carbocycles. The van der Waals surface area contributed by atoms with Crippen LogP contribution in [0, 0.1) is 0 Å². The Morgan fingerprint density at radius 1 is 1.07 bits per heavy atom. The molecule has 3 aromatic rings. The summed E-state index contributed by atoms with van der Waals surface area (Å²) in [4.78, 5) is 29.7. The molecule has 8 heteroatoms. The van der Waals surface area contributed by atoms with E-state index < -0.39 is 0 Å². The van der Waals surface area contributed by atoms with E-state index in [9.17, 15) is 9.59 Å². The maximum atomic E-state index is 12.8. The van der Waals surface area contributed by atoms with Gasteiger partial charge in [-0.05, 0) is 25.8 Å².